The number of rotatable bonds is 5. The highest BCUT2D eigenvalue weighted by Crippen LogP contribution is 2.49. The van der Waals surface area contributed by atoms with Crippen LogP contribution in [0, 0.1) is 37.5 Å². The highest BCUT2D eigenvalue weighted by molar-refractivity contribution is 7.00. The van der Waals surface area contributed by atoms with Crippen LogP contribution in [0.4, 0.5) is 22.9 Å². The van der Waals surface area contributed by atoms with Gasteiger partial charge in [0.25, 0.3) is 0 Å². The highest BCUT2D eigenvalue weighted by atomic mass is 32.1. The summed E-state index contributed by atoms with van der Waals surface area (Å²) in [6.45, 7) is 4.19. The Labute approximate surface area is 272 Å². The monoisotopic (exact) mass is 625 g/mol. The number of benzene rings is 3. The Balaban J connectivity index is 1.12. The van der Waals surface area contributed by atoms with Crippen molar-refractivity contribution < 1.29 is 9.59 Å². The van der Waals surface area contributed by atoms with Crippen molar-refractivity contribution in [3.8, 4) is 11.1 Å². The molecule has 3 saturated carbocycles. The van der Waals surface area contributed by atoms with Gasteiger partial charge in [-0.3, -0.25) is 9.59 Å². The minimum absolute atomic E-state index is 0.111. The van der Waals surface area contributed by atoms with Crippen LogP contribution < -0.4 is 4.90 Å². The maximum absolute atomic E-state index is 13.2. The molecule has 4 unspecified atom stereocenters. The number of carbonyl (C=O) groups excluding carboxylic acids is 2. The van der Waals surface area contributed by atoms with E-state index in [1.807, 2.05) is 0 Å². The van der Waals surface area contributed by atoms with Crippen LogP contribution in [0.5, 0.6) is 0 Å². The number of Topliss-reactive ketones (excluding diaryl/α,β-unsaturated/α-hetero) is 2. The number of pyridine rings is 1. The van der Waals surface area contributed by atoms with Crippen LogP contribution in [0.3, 0.4) is 0 Å². The van der Waals surface area contributed by atoms with Gasteiger partial charge in [-0.25, -0.2) is 9.98 Å². The molecule has 4 atom stereocenters. The first-order valence-corrected chi connectivity index (χ1v) is 17.0. The van der Waals surface area contributed by atoms with Crippen molar-refractivity contribution in [1.29, 1.82) is 0 Å². The lowest BCUT2D eigenvalue weighted by atomic mass is 9.64. The van der Waals surface area contributed by atoms with E-state index in [0.29, 0.717) is 34.4 Å². The maximum atomic E-state index is 13.2. The van der Waals surface area contributed by atoms with Gasteiger partial charge < -0.3 is 4.90 Å². The van der Waals surface area contributed by atoms with E-state index in [2.05, 4.69) is 100 Å². The van der Waals surface area contributed by atoms with Crippen LogP contribution in [-0.4, -0.2) is 31.0 Å². The zero-order chi connectivity index (χ0) is 31.4. The molecule has 3 fully saturated rings. The van der Waals surface area contributed by atoms with Crippen molar-refractivity contribution in [2.75, 3.05) is 4.90 Å². The normalized spacial score (nSPS) is 23.5. The van der Waals surface area contributed by atoms with Crippen LogP contribution in [0.1, 0.15) is 49.7 Å². The molecule has 0 amide bonds. The van der Waals surface area contributed by atoms with Crippen LogP contribution in [-0.2, 0) is 9.59 Å². The van der Waals surface area contributed by atoms with Crippen LogP contribution >= 0.6 is 11.7 Å². The summed E-state index contributed by atoms with van der Waals surface area (Å²) in [5.74, 6) is 0.473. The largest absolute Gasteiger partial charge is 0.311 e. The fourth-order valence-electron chi connectivity index (χ4n) is 7.87. The molecule has 3 aliphatic rings. The number of anilines is 3. The first kappa shape index (κ1) is 28.9. The van der Waals surface area contributed by atoms with E-state index in [1.165, 1.54) is 36.8 Å². The van der Waals surface area contributed by atoms with E-state index >= 15 is 0 Å². The van der Waals surface area contributed by atoms with Crippen molar-refractivity contribution in [2.45, 2.75) is 52.4 Å². The topological polar surface area (TPSA) is 88.4 Å². The summed E-state index contributed by atoms with van der Waals surface area (Å²) in [6, 6.07) is 25.5. The Kier molecular flexibility index (Phi) is 7.32. The molecule has 5 aromatic rings. The molecule has 0 saturated heterocycles. The van der Waals surface area contributed by atoms with E-state index in [-0.39, 0.29) is 17.6 Å². The lowest BCUT2D eigenvalue weighted by Crippen LogP contribution is -2.35. The average Bonchev–Trinajstić information content (AvgIpc) is 3.66. The lowest BCUT2D eigenvalue weighted by Gasteiger charge is -2.40. The number of fused-ring (bicyclic) bond motifs is 3. The number of ketones is 2. The Morgan fingerprint density at radius 2 is 1.26 bits per heavy atom. The van der Waals surface area contributed by atoms with Crippen molar-refractivity contribution in [3.05, 3.63) is 90.1 Å². The van der Waals surface area contributed by atoms with Gasteiger partial charge in [0.1, 0.15) is 11.0 Å². The Bertz CT molecular complexity index is 1940. The minimum atomic E-state index is -0.432. The van der Waals surface area contributed by atoms with Gasteiger partial charge in [-0.1, -0.05) is 73.2 Å². The van der Waals surface area contributed by atoms with Crippen LogP contribution in [0.2, 0.25) is 0 Å². The number of hydrogen-bond donors (Lipinski definition) is 0. The number of carbonyl (C=O) groups is 2. The molecule has 7 nitrogen and oxygen atoms in total. The van der Waals surface area contributed by atoms with Gasteiger partial charge in [0.2, 0.25) is 11.6 Å². The number of nitrogens with zero attached hydrogens (tertiary/aromatic N) is 5. The van der Waals surface area contributed by atoms with Gasteiger partial charge in [-0.2, -0.15) is 8.75 Å². The van der Waals surface area contributed by atoms with Crippen LogP contribution in [0.15, 0.2) is 84.0 Å². The predicted molar refractivity (Wildman–Crippen MR) is 184 cm³/mol. The fourth-order valence-corrected chi connectivity index (χ4v) is 8.42. The van der Waals surface area contributed by atoms with Gasteiger partial charge in [-0.15, -0.1) is 0 Å². The second-order valence-electron chi connectivity index (χ2n) is 13.2. The van der Waals surface area contributed by atoms with Gasteiger partial charge in [-0.05, 0) is 80.5 Å². The zero-order valence-corrected chi connectivity index (χ0v) is 26.8. The molecule has 0 aliphatic heterocycles. The third-order valence-corrected chi connectivity index (χ3v) is 10.9. The summed E-state index contributed by atoms with van der Waals surface area (Å²) in [5, 5.41) is 0. The highest BCUT2D eigenvalue weighted by Gasteiger charge is 2.52. The number of aryl methyl sites for hydroxylation is 2. The van der Waals surface area contributed by atoms with Gasteiger partial charge in [0.05, 0.1) is 17.4 Å². The summed E-state index contributed by atoms with van der Waals surface area (Å²) in [4.78, 5) is 38.0. The van der Waals surface area contributed by atoms with Crippen molar-refractivity contribution in [1.82, 2.24) is 13.7 Å². The minimum Gasteiger partial charge on any atom is -0.311 e. The van der Waals surface area contributed by atoms with Crippen molar-refractivity contribution in [2.24, 2.45) is 28.7 Å². The lowest BCUT2D eigenvalue weighted by molar-refractivity contribution is -0.135. The van der Waals surface area contributed by atoms with E-state index < -0.39 is 5.78 Å². The molecule has 0 radical (unpaired) electrons. The molecule has 2 heterocycles. The molecule has 2 aromatic heterocycles. The number of hydrogen-bond acceptors (Lipinski definition) is 8. The zero-order valence-electron chi connectivity index (χ0n) is 26.0. The molecule has 8 heteroatoms. The number of aromatic nitrogens is 3. The second-order valence-corrected chi connectivity index (χ2v) is 13.7. The van der Waals surface area contributed by atoms with E-state index in [1.54, 1.807) is 6.20 Å². The second kappa shape index (κ2) is 11.7. The standard InChI is InChI=1S/C38H35N5O2S/c1-22-7-13-27(14-8-22)43(28-15-9-23(2)10-16-28)29-17-11-24(12-18-29)32-21-39-38(35-33(32)41-46-42-35)40-34-30-19-25-5-3-4-6-26(25)20-31(30)36(44)37(34)45/h7-18,21,25-26,30-31H,3-6,19-20H2,1-2H3. The first-order valence-electron chi connectivity index (χ1n) is 16.3. The Morgan fingerprint density at radius 3 is 1.87 bits per heavy atom. The molecule has 230 valence electrons. The van der Waals surface area contributed by atoms with E-state index in [9.17, 15) is 9.59 Å². The predicted octanol–water partition coefficient (Wildman–Crippen LogP) is 8.90. The molecular weight excluding hydrogens is 591 g/mol. The first-order chi connectivity index (χ1) is 22.4. The Morgan fingerprint density at radius 1 is 0.717 bits per heavy atom. The molecule has 0 bridgehead atoms. The quantitative estimate of drug-likeness (QED) is 0.181. The van der Waals surface area contributed by atoms with Crippen molar-refractivity contribution >= 4 is 62.9 Å². The van der Waals surface area contributed by atoms with E-state index in [4.69, 9.17) is 9.98 Å². The molecule has 3 aromatic carbocycles. The smallest absolute Gasteiger partial charge is 0.243 e. The number of aliphatic imine (C=N–C) groups is 1. The summed E-state index contributed by atoms with van der Waals surface area (Å²) >= 11 is 1.11. The van der Waals surface area contributed by atoms with Crippen LogP contribution in [0.25, 0.3) is 22.2 Å². The third kappa shape index (κ3) is 5.05. The summed E-state index contributed by atoms with van der Waals surface area (Å²) in [5.41, 5.74) is 9.08. The average molecular weight is 626 g/mol. The SMILES string of the molecule is Cc1ccc(N(c2ccc(C)cc2)c2ccc(-c3cnc(N=C4C(=O)C(=O)C5CC6CCCCC6CC45)c4nsnc34)cc2)cc1. The molecule has 3 aliphatic carbocycles. The molecule has 8 rings (SSSR count). The van der Waals surface area contributed by atoms with Crippen molar-refractivity contribution in [3.63, 3.8) is 0 Å². The Hall–Kier alpha value is -4.56. The maximum Gasteiger partial charge on any atom is 0.243 e. The molecular formula is C38H35N5O2S. The summed E-state index contributed by atoms with van der Waals surface area (Å²) in [7, 11) is 0. The molecule has 0 N–H and O–H groups in total. The third-order valence-electron chi connectivity index (χ3n) is 10.3. The fraction of sp³-hybridized carbons (Fsp3) is 0.316. The summed E-state index contributed by atoms with van der Waals surface area (Å²) < 4.78 is 9.18. The van der Waals surface area contributed by atoms with Gasteiger partial charge >= 0.3 is 0 Å². The summed E-state index contributed by atoms with van der Waals surface area (Å²) in [6.07, 6.45) is 8.28. The van der Waals surface area contributed by atoms with Gasteiger partial charge in [0, 0.05) is 40.7 Å². The molecule has 0 spiro atoms. The molecule has 46 heavy (non-hydrogen) atoms. The van der Waals surface area contributed by atoms with E-state index in [0.717, 1.165) is 52.8 Å². The van der Waals surface area contributed by atoms with Gasteiger partial charge in [0.15, 0.2) is 5.82 Å².